The number of para-hydroxylation sites is 1. The molecule has 152 valence electrons. The zero-order valence-corrected chi connectivity index (χ0v) is 17.5. The van der Waals surface area contributed by atoms with Gasteiger partial charge in [0.25, 0.3) is 5.91 Å². The molecule has 0 fully saturated rings. The lowest BCUT2D eigenvalue weighted by Crippen LogP contribution is -2.36. The van der Waals surface area contributed by atoms with Crippen molar-refractivity contribution in [3.63, 3.8) is 0 Å². The first-order valence-electron chi connectivity index (χ1n) is 9.88. The highest BCUT2D eigenvalue weighted by Crippen LogP contribution is 2.29. The highest BCUT2D eigenvalue weighted by molar-refractivity contribution is 5.80. The van der Waals surface area contributed by atoms with Crippen LogP contribution in [0.1, 0.15) is 51.7 Å². The van der Waals surface area contributed by atoms with E-state index in [-0.39, 0.29) is 5.91 Å². The van der Waals surface area contributed by atoms with E-state index in [4.69, 9.17) is 14.2 Å². The number of nitrogens with one attached hydrogen (secondary N) is 1. The van der Waals surface area contributed by atoms with Crippen molar-refractivity contribution in [2.45, 2.75) is 53.2 Å². The molecule has 0 saturated carbocycles. The Morgan fingerprint density at radius 3 is 2.29 bits per heavy atom. The monoisotopic (exact) mass is 385 g/mol. The molecule has 2 rings (SSSR count). The molecule has 5 heteroatoms. The van der Waals surface area contributed by atoms with E-state index in [9.17, 15) is 4.79 Å². The molecule has 0 bridgehead atoms. The number of amides is 1. The number of rotatable bonds is 10. The summed E-state index contributed by atoms with van der Waals surface area (Å²) in [5.74, 6) is 2.31. The molecule has 0 spiro atoms. The SMILES string of the molecule is CCOc1ccc(CNC(=O)[C@H](C)Oc2ccccc2C(C)C)cc1OCC. The number of carbonyl (C=O) groups excluding carboxylic acids is 1. The van der Waals surface area contributed by atoms with Crippen molar-refractivity contribution in [1.29, 1.82) is 0 Å². The van der Waals surface area contributed by atoms with Crippen LogP contribution in [-0.4, -0.2) is 25.2 Å². The van der Waals surface area contributed by atoms with Crippen LogP contribution in [0.5, 0.6) is 17.2 Å². The second-order valence-electron chi connectivity index (χ2n) is 6.82. The molecule has 1 N–H and O–H groups in total. The first-order valence-corrected chi connectivity index (χ1v) is 9.88. The Bertz CT molecular complexity index is 773. The fourth-order valence-electron chi connectivity index (χ4n) is 2.85. The highest BCUT2D eigenvalue weighted by Gasteiger charge is 2.17. The van der Waals surface area contributed by atoms with E-state index in [0.717, 1.165) is 16.9 Å². The van der Waals surface area contributed by atoms with Crippen LogP contribution >= 0.6 is 0 Å². The molecule has 0 aliphatic carbocycles. The predicted molar refractivity (Wildman–Crippen MR) is 111 cm³/mol. The molecule has 28 heavy (non-hydrogen) atoms. The lowest BCUT2D eigenvalue weighted by molar-refractivity contribution is -0.127. The zero-order valence-electron chi connectivity index (χ0n) is 17.5. The summed E-state index contributed by atoms with van der Waals surface area (Å²) in [5.41, 5.74) is 2.03. The van der Waals surface area contributed by atoms with Crippen molar-refractivity contribution >= 4 is 5.91 Å². The third-order valence-electron chi connectivity index (χ3n) is 4.29. The van der Waals surface area contributed by atoms with Gasteiger partial charge in [-0.25, -0.2) is 0 Å². The van der Waals surface area contributed by atoms with Crippen molar-refractivity contribution in [2.24, 2.45) is 0 Å². The van der Waals surface area contributed by atoms with Crippen LogP contribution in [0, 0.1) is 0 Å². The van der Waals surface area contributed by atoms with Gasteiger partial charge in [0.05, 0.1) is 13.2 Å². The molecule has 5 nitrogen and oxygen atoms in total. The van der Waals surface area contributed by atoms with E-state index in [0.29, 0.717) is 37.2 Å². The lowest BCUT2D eigenvalue weighted by Gasteiger charge is -2.19. The Hall–Kier alpha value is -2.69. The number of ether oxygens (including phenoxy) is 3. The molecule has 0 aliphatic rings. The Morgan fingerprint density at radius 1 is 0.929 bits per heavy atom. The molecule has 1 amide bonds. The summed E-state index contributed by atoms with van der Waals surface area (Å²) in [6.07, 6.45) is -0.589. The van der Waals surface area contributed by atoms with Crippen LogP contribution in [0.25, 0.3) is 0 Å². The summed E-state index contributed by atoms with van der Waals surface area (Å²) in [4.78, 5) is 12.5. The zero-order chi connectivity index (χ0) is 20.5. The van der Waals surface area contributed by atoms with Crippen LogP contribution < -0.4 is 19.5 Å². The predicted octanol–water partition coefficient (Wildman–Crippen LogP) is 4.69. The minimum absolute atomic E-state index is 0.162. The summed E-state index contributed by atoms with van der Waals surface area (Å²) in [7, 11) is 0. The highest BCUT2D eigenvalue weighted by atomic mass is 16.5. The molecule has 2 aromatic rings. The maximum Gasteiger partial charge on any atom is 0.261 e. The molecule has 0 saturated heterocycles. The Labute approximate surface area is 168 Å². The minimum Gasteiger partial charge on any atom is -0.490 e. The molecule has 2 aromatic carbocycles. The van der Waals surface area contributed by atoms with Gasteiger partial charge in [-0.15, -0.1) is 0 Å². The minimum atomic E-state index is -0.589. The number of hydrogen-bond acceptors (Lipinski definition) is 4. The Kier molecular flexibility index (Phi) is 8.18. The van der Waals surface area contributed by atoms with Gasteiger partial charge in [-0.05, 0) is 56.0 Å². The quantitative estimate of drug-likeness (QED) is 0.644. The fourth-order valence-corrected chi connectivity index (χ4v) is 2.85. The van der Waals surface area contributed by atoms with Gasteiger partial charge in [-0.3, -0.25) is 4.79 Å². The molecular formula is C23H31NO4. The smallest absolute Gasteiger partial charge is 0.261 e. The number of hydrogen-bond donors (Lipinski definition) is 1. The van der Waals surface area contributed by atoms with Crippen molar-refractivity contribution in [1.82, 2.24) is 5.32 Å². The summed E-state index contributed by atoms with van der Waals surface area (Å²) >= 11 is 0. The molecule has 0 heterocycles. The van der Waals surface area contributed by atoms with Crippen LogP contribution in [0.3, 0.4) is 0 Å². The van der Waals surface area contributed by atoms with E-state index in [2.05, 4.69) is 19.2 Å². The Balaban J connectivity index is 1.99. The third-order valence-corrected chi connectivity index (χ3v) is 4.29. The largest absolute Gasteiger partial charge is 0.490 e. The van der Waals surface area contributed by atoms with Gasteiger partial charge in [0.15, 0.2) is 17.6 Å². The van der Waals surface area contributed by atoms with Crippen LogP contribution in [0.4, 0.5) is 0 Å². The second kappa shape index (κ2) is 10.6. The summed E-state index contributed by atoms with van der Waals surface area (Å²) in [6.45, 7) is 11.4. The number of carbonyl (C=O) groups is 1. The van der Waals surface area contributed by atoms with Gasteiger partial charge < -0.3 is 19.5 Å². The maximum atomic E-state index is 12.5. The molecule has 1 atom stereocenters. The average Bonchev–Trinajstić information content (AvgIpc) is 2.68. The molecular weight excluding hydrogens is 354 g/mol. The van der Waals surface area contributed by atoms with Crippen molar-refractivity contribution in [2.75, 3.05) is 13.2 Å². The van der Waals surface area contributed by atoms with Gasteiger partial charge in [0, 0.05) is 6.54 Å². The standard InChI is InChI=1S/C23H31NO4/c1-6-26-21-13-12-18(14-22(21)27-7-2)15-24-23(25)17(5)28-20-11-9-8-10-19(20)16(3)4/h8-14,16-17H,6-7,15H2,1-5H3,(H,24,25)/t17-/m0/s1. The first-order chi connectivity index (χ1) is 13.5. The Morgan fingerprint density at radius 2 is 1.61 bits per heavy atom. The molecule has 0 radical (unpaired) electrons. The van der Waals surface area contributed by atoms with Crippen molar-refractivity contribution < 1.29 is 19.0 Å². The lowest BCUT2D eigenvalue weighted by atomic mass is 10.0. The first kappa shape index (κ1) is 21.6. The maximum absolute atomic E-state index is 12.5. The molecule has 0 aliphatic heterocycles. The van der Waals surface area contributed by atoms with Crippen molar-refractivity contribution in [3.8, 4) is 17.2 Å². The second-order valence-corrected chi connectivity index (χ2v) is 6.82. The summed E-state index contributed by atoms with van der Waals surface area (Å²) in [5, 5.41) is 2.93. The van der Waals surface area contributed by atoms with Gasteiger partial charge in [-0.1, -0.05) is 38.1 Å². The van der Waals surface area contributed by atoms with E-state index < -0.39 is 6.10 Å². The number of benzene rings is 2. The van der Waals surface area contributed by atoms with Crippen LogP contribution in [0.2, 0.25) is 0 Å². The van der Waals surface area contributed by atoms with E-state index in [1.165, 1.54) is 0 Å². The van der Waals surface area contributed by atoms with Gasteiger partial charge >= 0.3 is 0 Å². The van der Waals surface area contributed by atoms with Gasteiger partial charge in [0.1, 0.15) is 5.75 Å². The van der Waals surface area contributed by atoms with Gasteiger partial charge in [-0.2, -0.15) is 0 Å². The van der Waals surface area contributed by atoms with E-state index >= 15 is 0 Å². The summed E-state index contributed by atoms with van der Waals surface area (Å²) in [6, 6.07) is 13.5. The van der Waals surface area contributed by atoms with Crippen molar-refractivity contribution in [3.05, 3.63) is 53.6 Å². The molecule has 0 aromatic heterocycles. The summed E-state index contributed by atoms with van der Waals surface area (Å²) < 4.78 is 17.1. The van der Waals surface area contributed by atoms with E-state index in [1.807, 2.05) is 56.3 Å². The van der Waals surface area contributed by atoms with E-state index in [1.54, 1.807) is 6.92 Å². The topological polar surface area (TPSA) is 56.8 Å². The fraction of sp³-hybridized carbons (Fsp3) is 0.435. The third kappa shape index (κ3) is 5.91. The average molecular weight is 386 g/mol. The molecule has 0 unspecified atom stereocenters. The van der Waals surface area contributed by atoms with Crippen LogP contribution in [-0.2, 0) is 11.3 Å². The van der Waals surface area contributed by atoms with Crippen LogP contribution in [0.15, 0.2) is 42.5 Å². The normalized spacial score (nSPS) is 11.8. The van der Waals surface area contributed by atoms with Gasteiger partial charge in [0.2, 0.25) is 0 Å².